The number of ether oxygens (including phenoxy) is 2. The Balaban J connectivity index is 1.76. The van der Waals surface area contributed by atoms with Gasteiger partial charge in [0.25, 0.3) is 0 Å². The van der Waals surface area contributed by atoms with E-state index in [-0.39, 0.29) is 0 Å². The quantitative estimate of drug-likeness (QED) is 0.826. The zero-order valence-electron chi connectivity index (χ0n) is 12.2. The number of hydrogen-bond donors (Lipinski definition) is 0. The first kappa shape index (κ1) is 15.8. The third-order valence-electron chi connectivity index (χ3n) is 3.80. The smallest absolute Gasteiger partial charge is 0.174 e. The lowest BCUT2D eigenvalue weighted by atomic mass is 10.0. The van der Waals surface area contributed by atoms with E-state index in [1.54, 1.807) is 18.6 Å². The van der Waals surface area contributed by atoms with Crippen molar-refractivity contribution >= 4 is 23.2 Å². The fourth-order valence-electron chi connectivity index (χ4n) is 2.63. The maximum atomic E-state index is 6.30. The zero-order valence-corrected chi connectivity index (χ0v) is 13.7. The van der Waals surface area contributed by atoms with Gasteiger partial charge in [-0.1, -0.05) is 29.3 Å². The van der Waals surface area contributed by atoms with E-state index in [1.165, 1.54) is 0 Å². The van der Waals surface area contributed by atoms with Crippen LogP contribution in [0.1, 0.15) is 18.4 Å². The van der Waals surface area contributed by atoms with Gasteiger partial charge in [-0.3, -0.25) is 0 Å². The first-order valence-electron chi connectivity index (χ1n) is 7.34. The van der Waals surface area contributed by atoms with Gasteiger partial charge >= 0.3 is 0 Å². The number of nitrogens with zero attached hydrogens (tertiary/aromatic N) is 2. The molecule has 4 nitrogen and oxygen atoms in total. The summed E-state index contributed by atoms with van der Waals surface area (Å²) in [7, 11) is 0. The van der Waals surface area contributed by atoms with Crippen LogP contribution < -0.4 is 0 Å². The lowest BCUT2D eigenvalue weighted by Gasteiger charge is -2.37. The van der Waals surface area contributed by atoms with Crippen LogP contribution in [-0.2, 0) is 22.4 Å². The molecule has 118 valence electrons. The molecule has 0 aliphatic carbocycles. The first-order valence-corrected chi connectivity index (χ1v) is 8.10. The van der Waals surface area contributed by atoms with Crippen LogP contribution in [0.25, 0.3) is 0 Å². The Morgan fingerprint density at radius 2 is 2.05 bits per heavy atom. The van der Waals surface area contributed by atoms with Crippen molar-refractivity contribution in [3.8, 4) is 0 Å². The van der Waals surface area contributed by atoms with E-state index < -0.39 is 5.79 Å². The van der Waals surface area contributed by atoms with Gasteiger partial charge in [0.1, 0.15) is 0 Å². The van der Waals surface area contributed by atoms with Crippen LogP contribution >= 0.6 is 23.2 Å². The molecule has 2 heterocycles. The van der Waals surface area contributed by atoms with Gasteiger partial charge in [-0.2, -0.15) is 0 Å². The molecule has 1 aliphatic heterocycles. The monoisotopic (exact) mass is 340 g/mol. The highest BCUT2D eigenvalue weighted by Crippen LogP contribution is 2.31. The lowest BCUT2D eigenvalue weighted by Crippen LogP contribution is -2.43. The van der Waals surface area contributed by atoms with Crippen LogP contribution in [0.3, 0.4) is 0 Å². The average molecular weight is 341 g/mol. The number of halogens is 2. The van der Waals surface area contributed by atoms with Crippen LogP contribution in [0.5, 0.6) is 0 Å². The van der Waals surface area contributed by atoms with Crippen LogP contribution in [0.15, 0.2) is 36.9 Å². The molecule has 1 fully saturated rings. The maximum absolute atomic E-state index is 6.30. The number of benzene rings is 1. The zero-order chi connectivity index (χ0) is 15.4. The molecule has 0 spiro atoms. The van der Waals surface area contributed by atoms with E-state index in [0.29, 0.717) is 29.7 Å². The van der Waals surface area contributed by atoms with Gasteiger partial charge in [-0.15, -0.1) is 0 Å². The van der Waals surface area contributed by atoms with Crippen LogP contribution in [0.4, 0.5) is 0 Å². The SMILES string of the molecule is Clc1ccc(CC2(CCn3ccnc3)OCCCO2)c(Cl)c1. The molecule has 0 unspecified atom stereocenters. The van der Waals surface area contributed by atoms with E-state index in [0.717, 1.165) is 24.9 Å². The molecule has 3 rings (SSSR count). The van der Waals surface area contributed by atoms with Gasteiger partial charge < -0.3 is 14.0 Å². The summed E-state index contributed by atoms with van der Waals surface area (Å²) in [6.45, 7) is 2.19. The predicted molar refractivity (Wildman–Crippen MR) is 86.3 cm³/mol. The Labute approximate surface area is 140 Å². The van der Waals surface area contributed by atoms with Gasteiger partial charge in [0.05, 0.1) is 19.5 Å². The maximum Gasteiger partial charge on any atom is 0.174 e. The van der Waals surface area contributed by atoms with Crippen molar-refractivity contribution in [1.29, 1.82) is 0 Å². The van der Waals surface area contributed by atoms with Gasteiger partial charge in [-0.05, 0) is 24.1 Å². The molecule has 22 heavy (non-hydrogen) atoms. The molecule has 0 N–H and O–H groups in total. The molecule has 0 radical (unpaired) electrons. The van der Waals surface area contributed by atoms with E-state index in [4.69, 9.17) is 32.7 Å². The highest BCUT2D eigenvalue weighted by molar-refractivity contribution is 6.35. The third kappa shape index (κ3) is 3.82. The summed E-state index contributed by atoms with van der Waals surface area (Å²) in [5.41, 5.74) is 0.985. The minimum atomic E-state index is -0.639. The standard InChI is InChI=1S/C16H18Cl2N2O2/c17-14-3-2-13(15(18)10-14)11-16(21-8-1-9-22-16)4-6-20-7-5-19-12-20/h2-3,5,7,10,12H,1,4,6,8-9,11H2. The highest BCUT2D eigenvalue weighted by Gasteiger charge is 2.35. The van der Waals surface area contributed by atoms with Gasteiger partial charge in [0, 0.05) is 41.8 Å². The van der Waals surface area contributed by atoms with Gasteiger partial charge in [-0.25, -0.2) is 4.98 Å². The molecule has 0 saturated carbocycles. The van der Waals surface area contributed by atoms with Gasteiger partial charge in [0.2, 0.25) is 0 Å². The van der Waals surface area contributed by atoms with Crippen LogP contribution in [0, 0.1) is 0 Å². The van der Waals surface area contributed by atoms with Crippen molar-refractivity contribution in [3.63, 3.8) is 0 Å². The van der Waals surface area contributed by atoms with Crippen molar-refractivity contribution in [2.24, 2.45) is 0 Å². The average Bonchev–Trinajstić information content (AvgIpc) is 3.03. The molecule has 6 heteroatoms. The minimum absolute atomic E-state index is 0.609. The number of hydrogen-bond acceptors (Lipinski definition) is 3. The number of rotatable bonds is 5. The van der Waals surface area contributed by atoms with E-state index >= 15 is 0 Å². The Morgan fingerprint density at radius 3 is 2.73 bits per heavy atom. The molecule has 2 aromatic rings. The Morgan fingerprint density at radius 1 is 1.23 bits per heavy atom. The van der Waals surface area contributed by atoms with Crippen LogP contribution in [0.2, 0.25) is 10.0 Å². The summed E-state index contributed by atoms with van der Waals surface area (Å²) in [6, 6.07) is 5.53. The summed E-state index contributed by atoms with van der Waals surface area (Å²) in [6.07, 6.45) is 7.77. The number of aromatic nitrogens is 2. The van der Waals surface area contributed by atoms with E-state index in [9.17, 15) is 0 Å². The highest BCUT2D eigenvalue weighted by atomic mass is 35.5. The molecule has 0 atom stereocenters. The predicted octanol–water partition coefficient (Wildman–Crippen LogP) is 3.96. The van der Waals surface area contributed by atoms with Crippen molar-refractivity contribution in [2.45, 2.75) is 31.6 Å². The summed E-state index contributed by atoms with van der Waals surface area (Å²) < 4.78 is 14.0. The Kier molecular flexibility index (Phi) is 5.03. The first-order chi connectivity index (χ1) is 10.7. The van der Waals surface area contributed by atoms with Crippen molar-refractivity contribution < 1.29 is 9.47 Å². The fraction of sp³-hybridized carbons (Fsp3) is 0.438. The second-order valence-corrected chi connectivity index (χ2v) is 6.27. The van der Waals surface area contributed by atoms with Crippen LogP contribution in [-0.4, -0.2) is 28.6 Å². The van der Waals surface area contributed by atoms with E-state index in [1.807, 2.05) is 22.9 Å². The van der Waals surface area contributed by atoms with Crippen molar-refractivity contribution in [1.82, 2.24) is 9.55 Å². The third-order valence-corrected chi connectivity index (χ3v) is 4.39. The molecule has 1 aromatic carbocycles. The molecule has 1 aliphatic rings. The Hall–Kier alpha value is -1.07. The van der Waals surface area contributed by atoms with Crippen molar-refractivity contribution in [2.75, 3.05) is 13.2 Å². The summed E-state index contributed by atoms with van der Waals surface area (Å²) >= 11 is 12.3. The molecule has 1 saturated heterocycles. The summed E-state index contributed by atoms with van der Waals surface area (Å²) in [5, 5.41) is 1.28. The van der Waals surface area contributed by atoms with Gasteiger partial charge in [0.15, 0.2) is 5.79 Å². The minimum Gasteiger partial charge on any atom is -0.349 e. The second-order valence-electron chi connectivity index (χ2n) is 5.42. The fourth-order valence-corrected chi connectivity index (χ4v) is 3.10. The van der Waals surface area contributed by atoms with E-state index in [2.05, 4.69) is 4.98 Å². The molecule has 0 bridgehead atoms. The number of imidazole rings is 1. The molecular formula is C16H18Cl2N2O2. The second kappa shape index (κ2) is 7.01. The molecule has 0 amide bonds. The summed E-state index contributed by atoms with van der Waals surface area (Å²) in [5.74, 6) is -0.639. The molecule has 1 aromatic heterocycles. The van der Waals surface area contributed by atoms with Crippen molar-refractivity contribution in [3.05, 3.63) is 52.5 Å². The topological polar surface area (TPSA) is 36.3 Å². The normalized spacial score (nSPS) is 17.5. The molecular weight excluding hydrogens is 323 g/mol. The largest absolute Gasteiger partial charge is 0.349 e. The lowest BCUT2D eigenvalue weighted by molar-refractivity contribution is -0.270. The number of aryl methyl sites for hydroxylation is 1. The summed E-state index contributed by atoms with van der Waals surface area (Å²) in [4.78, 5) is 4.06. The Bertz CT molecular complexity index is 611.